The van der Waals surface area contributed by atoms with Crippen LogP contribution in [0.4, 0.5) is 0 Å². The number of rotatable bonds is 0. The Kier molecular flexibility index (Phi) is 2.66. The highest BCUT2D eigenvalue weighted by molar-refractivity contribution is 9.26. The minimum Gasteiger partial charge on any atom is -0.291 e. The molecule has 0 saturated heterocycles. The van der Waals surface area contributed by atoms with Crippen LogP contribution in [0.2, 0.25) is 0 Å². The van der Waals surface area contributed by atoms with Crippen LogP contribution in [-0.2, 0) is 4.79 Å². The number of carbonyl (C=O) groups excluding carboxylic acids is 1. The first-order valence-electron chi connectivity index (χ1n) is 3.52. The number of ketones is 1. The van der Waals surface area contributed by atoms with E-state index in [4.69, 9.17) is 0 Å². The third kappa shape index (κ3) is 1.18. The van der Waals surface area contributed by atoms with Crippen molar-refractivity contribution in [2.24, 2.45) is 5.41 Å². The lowest BCUT2D eigenvalue weighted by molar-refractivity contribution is -0.115. The molecule has 0 unspecified atom stereocenters. The van der Waals surface area contributed by atoms with Crippen molar-refractivity contribution in [3.8, 4) is 0 Å². The second-order valence-electron chi connectivity index (χ2n) is 3.47. The van der Waals surface area contributed by atoms with Crippen LogP contribution in [0, 0.1) is 5.41 Å². The van der Waals surface area contributed by atoms with Gasteiger partial charge < -0.3 is 0 Å². The molecule has 0 aromatic heterocycles. The molecule has 0 heterocycles. The molecule has 12 heavy (non-hydrogen) atoms. The third-order valence-electron chi connectivity index (χ3n) is 2.54. The van der Waals surface area contributed by atoms with E-state index in [0.717, 1.165) is 5.57 Å². The van der Waals surface area contributed by atoms with Gasteiger partial charge in [-0.1, -0.05) is 45.7 Å². The molecule has 1 aliphatic rings. The van der Waals surface area contributed by atoms with Gasteiger partial charge in [-0.3, -0.25) is 4.79 Å². The van der Waals surface area contributed by atoms with E-state index in [1.54, 1.807) is 0 Å². The fourth-order valence-electron chi connectivity index (χ4n) is 1.10. The standard InChI is InChI=1S/C8H9Br3O/c1-4-5(9)6(12)8(10,11)7(4,2)3/h1-3H3. The number of Topliss-reactive ketones (excluding diaryl/α,β-unsaturated/α-hetero) is 1. The van der Waals surface area contributed by atoms with Gasteiger partial charge in [0.1, 0.15) is 0 Å². The maximum atomic E-state index is 11.7. The predicted octanol–water partition coefficient (Wildman–Crippen LogP) is 3.75. The molecule has 0 aromatic carbocycles. The highest BCUT2D eigenvalue weighted by Gasteiger charge is 2.54. The van der Waals surface area contributed by atoms with Crippen LogP contribution in [0.15, 0.2) is 10.1 Å². The largest absolute Gasteiger partial charge is 0.291 e. The molecule has 0 aliphatic heterocycles. The fourth-order valence-corrected chi connectivity index (χ4v) is 3.42. The molecule has 0 fully saturated rings. The Bertz CT molecular complexity index is 276. The molecular weight excluding hydrogens is 352 g/mol. The lowest BCUT2D eigenvalue weighted by Crippen LogP contribution is -2.35. The number of allylic oxidation sites excluding steroid dienone is 2. The van der Waals surface area contributed by atoms with Crippen molar-refractivity contribution in [3.05, 3.63) is 10.1 Å². The summed E-state index contributed by atoms with van der Waals surface area (Å²) in [7, 11) is 0. The molecule has 0 atom stereocenters. The number of hydrogen-bond donors (Lipinski definition) is 0. The van der Waals surface area contributed by atoms with Crippen molar-refractivity contribution in [1.82, 2.24) is 0 Å². The number of carbonyl (C=O) groups is 1. The maximum Gasteiger partial charge on any atom is 0.197 e. The summed E-state index contributed by atoms with van der Waals surface area (Å²) in [5.74, 6) is 0.0602. The molecular formula is C8H9Br3O. The van der Waals surface area contributed by atoms with Crippen LogP contribution in [-0.4, -0.2) is 9.02 Å². The summed E-state index contributed by atoms with van der Waals surface area (Å²) < 4.78 is 0.0388. The smallest absolute Gasteiger partial charge is 0.197 e. The lowest BCUT2D eigenvalue weighted by atomic mass is 9.86. The third-order valence-corrected chi connectivity index (χ3v) is 6.19. The number of hydrogen-bond acceptors (Lipinski definition) is 1. The van der Waals surface area contributed by atoms with Gasteiger partial charge in [-0.05, 0) is 28.4 Å². The van der Waals surface area contributed by atoms with Crippen LogP contribution in [0.3, 0.4) is 0 Å². The molecule has 0 bridgehead atoms. The Balaban J connectivity index is 3.31. The summed E-state index contributed by atoms with van der Waals surface area (Å²) in [5, 5.41) is 0. The van der Waals surface area contributed by atoms with Crippen molar-refractivity contribution in [3.63, 3.8) is 0 Å². The molecule has 0 radical (unpaired) electrons. The maximum absolute atomic E-state index is 11.7. The van der Waals surface area contributed by atoms with Crippen LogP contribution in [0.1, 0.15) is 20.8 Å². The van der Waals surface area contributed by atoms with Crippen LogP contribution >= 0.6 is 47.8 Å². The van der Waals surface area contributed by atoms with Gasteiger partial charge in [0.25, 0.3) is 0 Å². The van der Waals surface area contributed by atoms with E-state index < -0.39 is 3.23 Å². The zero-order chi connectivity index (χ0) is 9.73. The van der Waals surface area contributed by atoms with E-state index in [2.05, 4.69) is 47.8 Å². The first-order chi connectivity index (χ1) is 5.23. The normalized spacial score (nSPS) is 26.7. The molecule has 1 aliphatic carbocycles. The summed E-state index contributed by atoms with van der Waals surface area (Å²) in [6.45, 7) is 6.02. The fraction of sp³-hybridized carbons (Fsp3) is 0.625. The van der Waals surface area contributed by atoms with Gasteiger partial charge in [0, 0.05) is 5.41 Å². The number of alkyl halides is 2. The predicted molar refractivity (Wildman–Crippen MR) is 61.0 cm³/mol. The monoisotopic (exact) mass is 358 g/mol. The van der Waals surface area contributed by atoms with Crippen molar-refractivity contribution in [1.29, 1.82) is 0 Å². The van der Waals surface area contributed by atoms with Crippen LogP contribution in [0.25, 0.3) is 0 Å². The van der Waals surface area contributed by atoms with Gasteiger partial charge in [0.05, 0.1) is 4.48 Å². The Labute approximate surface area is 97.4 Å². The zero-order valence-corrected chi connectivity index (χ0v) is 11.8. The van der Waals surface area contributed by atoms with Gasteiger partial charge in [-0.2, -0.15) is 0 Å². The molecule has 68 valence electrons. The second kappa shape index (κ2) is 2.92. The highest BCUT2D eigenvalue weighted by atomic mass is 79.9. The van der Waals surface area contributed by atoms with Gasteiger partial charge in [-0.15, -0.1) is 0 Å². The first kappa shape index (κ1) is 10.9. The Hall–Kier alpha value is 0.850. The number of halogens is 3. The average molecular weight is 361 g/mol. The van der Waals surface area contributed by atoms with E-state index >= 15 is 0 Å². The van der Waals surface area contributed by atoms with Crippen LogP contribution in [0.5, 0.6) is 0 Å². The molecule has 4 heteroatoms. The molecule has 1 rings (SSSR count). The van der Waals surface area contributed by atoms with Crippen molar-refractivity contribution in [2.45, 2.75) is 24.0 Å². The second-order valence-corrected chi connectivity index (χ2v) is 7.70. The minimum atomic E-state index is -0.643. The Morgan fingerprint density at radius 3 is 1.75 bits per heavy atom. The average Bonchev–Trinajstić information content (AvgIpc) is 2.05. The molecule has 0 N–H and O–H groups in total. The highest BCUT2D eigenvalue weighted by Crippen LogP contribution is 2.57. The van der Waals surface area contributed by atoms with Gasteiger partial charge in [0.15, 0.2) is 9.02 Å². The van der Waals surface area contributed by atoms with Crippen molar-refractivity contribution >= 4 is 53.6 Å². The van der Waals surface area contributed by atoms with Gasteiger partial charge in [-0.25, -0.2) is 0 Å². The summed E-state index contributed by atoms with van der Waals surface area (Å²) in [6, 6.07) is 0. The zero-order valence-electron chi connectivity index (χ0n) is 7.04. The SMILES string of the molecule is CC1=C(Br)C(=O)C(Br)(Br)C1(C)C. The van der Waals surface area contributed by atoms with E-state index in [0.29, 0.717) is 4.48 Å². The summed E-state index contributed by atoms with van der Waals surface area (Å²) in [4.78, 5) is 11.7. The lowest BCUT2D eigenvalue weighted by Gasteiger charge is -2.31. The van der Waals surface area contributed by atoms with Crippen molar-refractivity contribution in [2.75, 3.05) is 0 Å². The molecule has 0 amide bonds. The quantitative estimate of drug-likeness (QED) is 0.601. The van der Waals surface area contributed by atoms with Crippen molar-refractivity contribution < 1.29 is 4.79 Å². The molecule has 0 aromatic rings. The Morgan fingerprint density at radius 1 is 1.25 bits per heavy atom. The van der Waals surface area contributed by atoms with E-state index in [9.17, 15) is 4.79 Å². The summed E-state index contributed by atoms with van der Waals surface area (Å²) in [5.41, 5.74) is 0.879. The first-order valence-corrected chi connectivity index (χ1v) is 5.90. The molecule has 0 spiro atoms. The van der Waals surface area contributed by atoms with Crippen LogP contribution < -0.4 is 0 Å². The minimum absolute atomic E-state index is 0.0602. The van der Waals surface area contributed by atoms with E-state index in [1.165, 1.54) is 0 Å². The molecule has 1 nitrogen and oxygen atoms in total. The molecule has 0 saturated carbocycles. The van der Waals surface area contributed by atoms with E-state index in [-0.39, 0.29) is 11.2 Å². The summed E-state index contributed by atoms with van der Waals surface area (Å²) in [6.07, 6.45) is 0. The Morgan fingerprint density at radius 2 is 1.67 bits per heavy atom. The summed E-state index contributed by atoms with van der Waals surface area (Å²) >= 11 is 10.1. The van der Waals surface area contributed by atoms with E-state index in [1.807, 2.05) is 20.8 Å². The van der Waals surface area contributed by atoms with Gasteiger partial charge >= 0.3 is 0 Å². The van der Waals surface area contributed by atoms with Gasteiger partial charge in [0.2, 0.25) is 0 Å². The topological polar surface area (TPSA) is 17.1 Å².